The molecule has 0 aromatic carbocycles. The lowest BCUT2D eigenvalue weighted by molar-refractivity contribution is -0.154. The van der Waals surface area contributed by atoms with Gasteiger partial charge >= 0.3 is 11.9 Å². The number of rotatable bonds is 2. The fourth-order valence-electron chi connectivity index (χ4n) is 5.01. The third-order valence-electron chi connectivity index (χ3n) is 5.62. The first-order chi connectivity index (χ1) is 9.08. The van der Waals surface area contributed by atoms with Gasteiger partial charge in [-0.3, -0.25) is 9.59 Å². The van der Waals surface area contributed by atoms with Gasteiger partial charge in [0, 0.05) is 6.42 Å². The Labute approximate surface area is 111 Å². The van der Waals surface area contributed by atoms with Crippen LogP contribution in [0.1, 0.15) is 19.8 Å². The van der Waals surface area contributed by atoms with E-state index in [9.17, 15) is 14.4 Å². The maximum atomic E-state index is 11.9. The number of carbonyl (C=O) groups is 3. The fraction of sp³-hybridized carbons (Fsp3) is 0.667. The van der Waals surface area contributed by atoms with E-state index in [0.29, 0.717) is 24.2 Å². The molecule has 1 aliphatic heterocycles. The highest BCUT2D eigenvalue weighted by atomic mass is 16.6. The van der Waals surface area contributed by atoms with E-state index in [1.54, 1.807) is 6.92 Å². The Bertz CT molecular complexity index is 520. The van der Waals surface area contributed by atoms with Crippen molar-refractivity contribution in [2.45, 2.75) is 19.8 Å². The van der Waals surface area contributed by atoms with Gasteiger partial charge in [0.05, 0.1) is 11.8 Å². The van der Waals surface area contributed by atoms with Crippen molar-refractivity contribution in [2.24, 2.45) is 41.4 Å². The van der Waals surface area contributed by atoms with Gasteiger partial charge in [0.1, 0.15) is 5.78 Å². The van der Waals surface area contributed by atoms with E-state index in [1.165, 1.54) is 0 Å². The fourth-order valence-corrected chi connectivity index (χ4v) is 5.01. The van der Waals surface area contributed by atoms with Crippen molar-refractivity contribution < 1.29 is 19.1 Å². The quantitative estimate of drug-likeness (QED) is 0.427. The van der Waals surface area contributed by atoms with Crippen LogP contribution in [-0.4, -0.2) is 17.7 Å². The molecule has 4 aliphatic carbocycles. The van der Waals surface area contributed by atoms with Gasteiger partial charge in [-0.25, -0.2) is 0 Å². The summed E-state index contributed by atoms with van der Waals surface area (Å²) in [5.74, 6) is 0.543. The van der Waals surface area contributed by atoms with Crippen LogP contribution in [0, 0.1) is 41.4 Å². The number of carbonyl (C=O) groups excluding carboxylic acids is 3. The standard InChI is InChI=1S/C15H16O4/c1-6(16)4-7-5-10-8-2-3-9(11(7)10)13-12(8)14(17)19-15(13)18/h2-3,7-13H,4-5H2,1H3. The van der Waals surface area contributed by atoms with Gasteiger partial charge in [-0.2, -0.15) is 0 Å². The van der Waals surface area contributed by atoms with Crippen molar-refractivity contribution in [1.82, 2.24) is 0 Å². The summed E-state index contributed by atoms with van der Waals surface area (Å²) < 4.78 is 4.85. The maximum Gasteiger partial charge on any atom is 0.318 e. The summed E-state index contributed by atoms with van der Waals surface area (Å²) in [5, 5.41) is 0. The second-order valence-corrected chi connectivity index (χ2v) is 6.47. The maximum absolute atomic E-state index is 11.9. The van der Waals surface area contributed by atoms with Gasteiger partial charge in [-0.05, 0) is 42.9 Å². The minimum absolute atomic E-state index is 0.108. The summed E-state index contributed by atoms with van der Waals surface area (Å²) in [5.41, 5.74) is 0. The number of hydrogen-bond donors (Lipinski definition) is 0. The second-order valence-electron chi connectivity index (χ2n) is 6.47. The van der Waals surface area contributed by atoms with E-state index >= 15 is 0 Å². The first kappa shape index (κ1) is 11.4. The molecule has 0 amide bonds. The average Bonchev–Trinajstić information content (AvgIpc) is 2.63. The van der Waals surface area contributed by atoms with Crippen molar-refractivity contribution >= 4 is 17.7 Å². The highest BCUT2D eigenvalue weighted by molar-refractivity contribution is 5.97. The summed E-state index contributed by atoms with van der Waals surface area (Å²) in [6.07, 6.45) is 5.83. The number of ether oxygens (including phenoxy) is 1. The van der Waals surface area contributed by atoms with Crippen molar-refractivity contribution in [2.75, 3.05) is 0 Å². The highest BCUT2D eigenvalue weighted by Gasteiger charge is 2.65. The predicted molar refractivity (Wildman–Crippen MR) is 64.6 cm³/mol. The topological polar surface area (TPSA) is 60.4 Å². The molecule has 5 rings (SSSR count). The predicted octanol–water partition coefficient (Wildman–Crippen LogP) is 1.35. The highest BCUT2D eigenvalue weighted by Crippen LogP contribution is 2.64. The van der Waals surface area contributed by atoms with Gasteiger partial charge in [0.15, 0.2) is 0 Å². The van der Waals surface area contributed by atoms with Gasteiger partial charge in [0.25, 0.3) is 0 Å². The Balaban J connectivity index is 1.67. The van der Waals surface area contributed by atoms with Crippen LogP contribution < -0.4 is 0 Å². The molecule has 2 saturated carbocycles. The van der Waals surface area contributed by atoms with Crippen molar-refractivity contribution in [1.29, 1.82) is 0 Å². The van der Waals surface area contributed by atoms with Crippen LogP contribution in [0.25, 0.3) is 0 Å². The van der Waals surface area contributed by atoms with Gasteiger partial charge in [-0.15, -0.1) is 0 Å². The molecule has 7 atom stereocenters. The third kappa shape index (κ3) is 1.32. The summed E-state index contributed by atoms with van der Waals surface area (Å²) in [6.45, 7) is 1.63. The SMILES string of the molecule is CC(=O)CC1CC2C3C=CC(C4C(=O)OC(=O)C34)C12. The molecule has 19 heavy (non-hydrogen) atoms. The molecule has 4 heteroatoms. The molecule has 0 aromatic heterocycles. The largest absolute Gasteiger partial charge is 0.393 e. The van der Waals surface area contributed by atoms with Crippen molar-refractivity contribution in [3.05, 3.63) is 12.2 Å². The Hall–Kier alpha value is -1.45. The Kier molecular flexibility index (Phi) is 2.13. The molecular formula is C15H16O4. The van der Waals surface area contributed by atoms with Gasteiger partial charge < -0.3 is 9.53 Å². The molecule has 0 radical (unpaired) electrons. The van der Waals surface area contributed by atoms with Gasteiger partial charge in [0.2, 0.25) is 0 Å². The van der Waals surface area contributed by atoms with Crippen LogP contribution >= 0.6 is 0 Å². The number of esters is 2. The van der Waals surface area contributed by atoms with Crippen LogP contribution in [0.15, 0.2) is 12.2 Å². The Morgan fingerprint density at radius 3 is 2.53 bits per heavy atom. The number of cyclic esters (lactones) is 2. The second kappa shape index (κ2) is 3.56. The number of allylic oxidation sites excluding steroid dienone is 2. The monoisotopic (exact) mass is 260 g/mol. The zero-order chi connectivity index (χ0) is 13.3. The molecule has 0 N–H and O–H groups in total. The van der Waals surface area contributed by atoms with Crippen LogP contribution in [0.4, 0.5) is 0 Å². The third-order valence-corrected chi connectivity index (χ3v) is 5.62. The first-order valence-electron chi connectivity index (χ1n) is 7.01. The van der Waals surface area contributed by atoms with Crippen LogP contribution in [0.3, 0.4) is 0 Å². The molecule has 2 bridgehead atoms. The minimum atomic E-state index is -0.346. The summed E-state index contributed by atoms with van der Waals surface area (Å²) >= 11 is 0. The van der Waals surface area contributed by atoms with Crippen LogP contribution in [0.2, 0.25) is 0 Å². The zero-order valence-corrected chi connectivity index (χ0v) is 10.7. The van der Waals surface area contributed by atoms with Gasteiger partial charge in [-0.1, -0.05) is 12.2 Å². The molecule has 100 valence electrons. The summed E-state index contributed by atoms with van der Waals surface area (Å²) in [6, 6.07) is 0. The summed E-state index contributed by atoms with van der Waals surface area (Å²) in [4.78, 5) is 35.0. The number of ketones is 1. The minimum Gasteiger partial charge on any atom is -0.393 e. The molecule has 4 nitrogen and oxygen atoms in total. The Morgan fingerprint density at radius 2 is 1.84 bits per heavy atom. The molecule has 1 saturated heterocycles. The van der Waals surface area contributed by atoms with Crippen LogP contribution in [0.5, 0.6) is 0 Å². The normalized spacial score (nSPS) is 49.4. The number of hydrogen-bond acceptors (Lipinski definition) is 4. The molecule has 5 aliphatic rings. The molecule has 0 spiro atoms. The first-order valence-corrected chi connectivity index (χ1v) is 7.01. The average molecular weight is 260 g/mol. The smallest absolute Gasteiger partial charge is 0.318 e. The summed E-state index contributed by atoms with van der Waals surface area (Å²) in [7, 11) is 0. The van der Waals surface area contributed by atoms with E-state index in [0.717, 1.165) is 6.42 Å². The lowest BCUT2D eigenvalue weighted by Crippen LogP contribution is -2.57. The molecule has 1 heterocycles. The molecule has 0 aromatic rings. The van der Waals surface area contributed by atoms with Crippen molar-refractivity contribution in [3.63, 3.8) is 0 Å². The zero-order valence-electron chi connectivity index (χ0n) is 10.7. The molecule has 3 fully saturated rings. The van der Waals surface area contributed by atoms with Crippen molar-refractivity contribution in [3.8, 4) is 0 Å². The Morgan fingerprint density at radius 1 is 1.21 bits per heavy atom. The van der Waals surface area contributed by atoms with E-state index in [2.05, 4.69) is 12.2 Å². The van der Waals surface area contributed by atoms with Crippen LogP contribution in [-0.2, 0) is 19.1 Å². The lowest BCUT2D eigenvalue weighted by atomic mass is 9.43. The van der Waals surface area contributed by atoms with E-state index in [1.807, 2.05) is 0 Å². The van der Waals surface area contributed by atoms with E-state index in [-0.39, 0.29) is 41.4 Å². The van der Waals surface area contributed by atoms with E-state index < -0.39 is 0 Å². The lowest BCUT2D eigenvalue weighted by Gasteiger charge is -2.59. The molecular weight excluding hydrogens is 244 g/mol. The molecule has 7 unspecified atom stereocenters. The van der Waals surface area contributed by atoms with E-state index in [4.69, 9.17) is 4.74 Å². The number of Topliss-reactive ketones (excluding diaryl/α,β-unsaturated/α-hetero) is 1.